The third-order valence-corrected chi connectivity index (χ3v) is 2.40. The average molecular weight is 271 g/mol. The van der Waals surface area contributed by atoms with Crippen molar-refractivity contribution >= 4 is 23.8 Å². The Kier molecular flexibility index (Phi) is 5.77. The predicted octanol–water partition coefficient (Wildman–Crippen LogP) is -0.654. The summed E-state index contributed by atoms with van der Waals surface area (Å²) in [6, 6.07) is -0.450. The number of carboxylic acids is 1. The molecule has 0 aromatic carbocycles. The van der Waals surface area contributed by atoms with Crippen molar-refractivity contribution in [2.24, 2.45) is 0 Å². The van der Waals surface area contributed by atoms with Crippen LogP contribution < -0.4 is 16.0 Å². The Balaban J connectivity index is 2.04. The van der Waals surface area contributed by atoms with Gasteiger partial charge < -0.3 is 15.7 Å². The molecule has 0 atom stereocenters. The number of urea groups is 1. The molecule has 106 valence electrons. The quantitative estimate of drug-likeness (QED) is 0.489. The number of nitrogens with one attached hydrogen (secondary N) is 3. The fraction of sp³-hybridized carbons (Fsp3) is 0.636. The summed E-state index contributed by atoms with van der Waals surface area (Å²) in [4.78, 5) is 43.8. The summed E-state index contributed by atoms with van der Waals surface area (Å²) in [5.74, 6) is -1.91. The highest BCUT2D eigenvalue weighted by molar-refractivity contribution is 5.95. The molecule has 0 spiro atoms. The molecule has 0 heterocycles. The summed E-state index contributed by atoms with van der Waals surface area (Å²) in [5.41, 5.74) is 0. The monoisotopic (exact) mass is 271 g/mol. The SMILES string of the molecule is O=C(O)CCC(=O)NC(=O)NCCC(=O)NC1CC1. The van der Waals surface area contributed by atoms with Gasteiger partial charge in [-0.1, -0.05) is 0 Å². The molecular weight excluding hydrogens is 254 g/mol. The van der Waals surface area contributed by atoms with Gasteiger partial charge in [-0.05, 0) is 12.8 Å². The van der Waals surface area contributed by atoms with E-state index in [9.17, 15) is 19.2 Å². The van der Waals surface area contributed by atoms with Crippen LogP contribution in [0.3, 0.4) is 0 Å². The molecule has 1 aliphatic carbocycles. The number of carboxylic acid groups (broad SMARTS) is 1. The van der Waals surface area contributed by atoms with Crippen LogP contribution in [0, 0.1) is 0 Å². The second kappa shape index (κ2) is 7.34. The van der Waals surface area contributed by atoms with Gasteiger partial charge in [0, 0.05) is 25.4 Å². The summed E-state index contributed by atoms with van der Waals surface area (Å²) in [6.45, 7) is 0.122. The Labute approximate surface area is 109 Å². The van der Waals surface area contributed by atoms with Gasteiger partial charge >= 0.3 is 12.0 Å². The first-order chi connectivity index (χ1) is 8.97. The lowest BCUT2D eigenvalue weighted by Gasteiger charge is -2.06. The van der Waals surface area contributed by atoms with Crippen molar-refractivity contribution in [1.82, 2.24) is 16.0 Å². The van der Waals surface area contributed by atoms with Crippen molar-refractivity contribution in [3.63, 3.8) is 0 Å². The minimum absolute atomic E-state index is 0.122. The summed E-state index contributed by atoms with van der Waals surface area (Å²) in [6.07, 6.45) is 1.55. The van der Waals surface area contributed by atoms with E-state index in [1.54, 1.807) is 0 Å². The molecule has 0 aliphatic heterocycles. The molecule has 0 saturated heterocycles. The normalized spacial score (nSPS) is 13.5. The number of hydrogen-bond acceptors (Lipinski definition) is 4. The van der Waals surface area contributed by atoms with Gasteiger partial charge in [-0.3, -0.25) is 19.7 Å². The second-order valence-corrected chi connectivity index (χ2v) is 4.29. The molecule has 1 saturated carbocycles. The topological polar surface area (TPSA) is 125 Å². The van der Waals surface area contributed by atoms with Crippen LogP contribution in [-0.4, -0.2) is 41.5 Å². The molecule has 1 fully saturated rings. The number of amides is 4. The molecule has 1 aliphatic rings. The summed E-state index contributed by atoms with van der Waals surface area (Å²) in [7, 11) is 0. The van der Waals surface area contributed by atoms with Crippen molar-refractivity contribution < 1.29 is 24.3 Å². The molecule has 0 bridgehead atoms. The summed E-state index contributed by atoms with van der Waals surface area (Å²) < 4.78 is 0. The Hall–Kier alpha value is -2.12. The van der Waals surface area contributed by atoms with Crippen molar-refractivity contribution in [2.75, 3.05) is 6.54 Å². The molecule has 1 rings (SSSR count). The van der Waals surface area contributed by atoms with Gasteiger partial charge in [-0.25, -0.2) is 4.79 Å². The third kappa shape index (κ3) is 7.74. The molecule has 19 heavy (non-hydrogen) atoms. The highest BCUT2D eigenvalue weighted by Crippen LogP contribution is 2.18. The summed E-state index contributed by atoms with van der Waals surface area (Å²) >= 11 is 0. The molecule has 0 aromatic rings. The largest absolute Gasteiger partial charge is 0.481 e. The van der Waals surface area contributed by atoms with E-state index in [-0.39, 0.29) is 37.8 Å². The maximum absolute atomic E-state index is 11.3. The lowest BCUT2D eigenvalue weighted by molar-refractivity contribution is -0.138. The number of aliphatic carboxylic acids is 1. The van der Waals surface area contributed by atoms with Gasteiger partial charge in [0.1, 0.15) is 0 Å². The van der Waals surface area contributed by atoms with E-state index in [0.29, 0.717) is 0 Å². The molecule has 8 heteroatoms. The Morgan fingerprint density at radius 2 is 1.68 bits per heavy atom. The average Bonchev–Trinajstić information content (AvgIpc) is 3.10. The summed E-state index contributed by atoms with van der Waals surface area (Å²) in [5, 5.41) is 15.4. The predicted molar refractivity (Wildman–Crippen MR) is 64.2 cm³/mol. The smallest absolute Gasteiger partial charge is 0.321 e. The van der Waals surface area contributed by atoms with E-state index in [0.717, 1.165) is 12.8 Å². The molecule has 8 nitrogen and oxygen atoms in total. The zero-order chi connectivity index (χ0) is 14.3. The van der Waals surface area contributed by atoms with Crippen LogP contribution in [0.4, 0.5) is 4.79 Å². The van der Waals surface area contributed by atoms with E-state index >= 15 is 0 Å². The second-order valence-electron chi connectivity index (χ2n) is 4.29. The van der Waals surface area contributed by atoms with E-state index in [4.69, 9.17) is 5.11 Å². The molecule has 4 N–H and O–H groups in total. The molecule has 4 amide bonds. The fourth-order valence-corrected chi connectivity index (χ4v) is 1.27. The first kappa shape index (κ1) is 14.9. The van der Waals surface area contributed by atoms with Gasteiger partial charge in [-0.15, -0.1) is 0 Å². The minimum Gasteiger partial charge on any atom is -0.481 e. The van der Waals surface area contributed by atoms with Crippen LogP contribution >= 0.6 is 0 Å². The van der Waals surface area contributed by atoms with Gasteiger partial charge in [-0.2, -0.15) is 0 Å². The van der Waals surface area contributed by atoms with Crippen LogP contribution in [-0.2, 0) is 14.4 Å². The number of rotatable bonds is 7. The third-order valence-electron chi connectivity index (χ3n) is 2.40. The van der Waals surface area contributed by atoms with Crippen molar-refractivity contribution in [3.8, 4) is 0 Å². The maximum Gasteiger partial charge on any atom is 0.321 e. The first-order valence-corrected chi connectivity index (χ1v) is 6.06. The maximum atomic E-state index is 11.3. The van der Waals surface area contributed by atoms with Gasteiger partial charge in [0.15, 0.2) is 0 Å². The highest BCUT2D eigenvalue weighted by Gasteiger charge is 2.22. The van der Waals surface area contributed by atoms with Gasteiger partial charge in [0.25, 0.3) is 0 Å². The fourth-order valence-electron chi connectivity index (χ4n) is 1.27. The Morgan fingerprint density at radius 1 is 1.00 bits per heavy atom. The lowest BCUT2D eigenvalue weighted by Crippen LogP contribution is -2.41. The number of carbonyl (C=O) groups is 4. The van der Waals surface area contributed by atoms with Crippen LogP contribution in [0.5, 0.6) is 0 Å². The van der Waals surface area contributed by atoms with Gasteiger partial charge in [0.2, 0.25) is 11.8 Å². The van der Waals surface area contributed by atoms with Gasteiger partial charge in [0.05, 0.1) is 6.42 Å². The standard InChI is InChI=1S/C11H17N3O5/c15-8(3-4-10(17)18)14-11(19)12-6-5-9(16)13-7-1-2-7/h7H,1-6H2,(H,13,16)(H,17,18)(H2,12,14,15,19). The van der Waals surface area contributed by atoms with Crippen molar-refractivity contribution in [2.45, 2.75) is 38.1 Å². The van der Waals surface area contributed by atoms with Crippen LogP contribution in [0.15, 0.2) is 0 Å². The minimum atomic E-state index is -1.10. The first-order valence-electron chi connectivity index (χ1n) is 6.06. The number of hydrogen-bond donors (Lipinski definition) is 4. The lowest BCUT2D eigenvalue weighted by atomic mass is 10.3. The molecule has 0 aromatic heterocycles. The van der Waals surface area contributed by atoms with Crippen molar-refractivity contribution in [1.29, 1.82) is 0 Å². The molecule has 0 unspecified atom stereocenters. The number of imide groups is 1. The van der Waals surface area contributed by atoms with E-state index in [2.05, 4.69) is 10.6 Å². The zero-order valence-electron chi connectivity index (χ0n) is 10.4. The highest BCUT2D eigenvalue weighted by atomic mass is 16.4. The molecule has 0 radical (unpaired) electrons. The van der Waals surface area contributed by atoms with Crippen LogP contribution in [0.1, 0.15) is 32.1 Å². The van der Waals surface area contributed by atoms with E-state index in [1.807, 2.05) is 5.32 Å². The zero-order valence-corrected chi connectivity index (χ0v) is 10.4. The molecular formula is C11H17N3O5. The van der Waals surface area contributed by atoms with E-state index in [1.165, 1.54) is 0 Å². The van der Waals surface area contributed by atoms with Crippen LogP contribution in [0.25, 0.3) is 0 Å². The van der Waals surface area contributed by atoms with Crippen molar-refractivity contribution in [3.05, 3.63) is 0 Å². The van der Waals surface area contributed by atoms with E-state index < -0.39 is 17.9 Å². The Morgan fingerprint density at radius 3 is 2.26 bits per heavy atom. The van der Waals surface area contributed by atoms with Crippen LogP contribution in [0.2, 0.25) is 0 Å². The number of carbonyl (C=O) groups excluding carboxylic acids is 3. The Bertz CT molecular complexity index is 379.